The highest BCUT2D eigenvalue weighted by Crippen LogP contribution is 2.25. The zero-order chi connectivity index (χ0) is 17.6. The minimum atomic E-state index is -4.80. The van der Waals surface area contributed by atoms with E-state index in [9.17, 15) is 22.8 Å². The van der Waals surface area contributed by atoms with E-state index in [4.69, 9.17) is 5.73 Å². The van der Waals surface area contributed by atoms with Gasteiger partial charge in [-0.1, -0.05) is 12.1 Å². The summed E-state index contributed by atoms with van der Waals surface area (Å²) in [5, 5.41) is 2.54. The van der Waals surface area contributed by atoms with Gasteiger partial charge in [0, 0.05) is 0 Å². The first-order chi connectivity index (χ1) is 10.6. The number of nitrogens with two attached hydrogens (primary N) is 1. The number of nitrogens with one attached hydrogen (secondary N) is 1. The Bertz CT molecular complexity index is 550. The van der Waals surface area contributed by atoms with Gasteiger partial charge in [0.05, 0.1) is 25.6 Å². The molecule has 136 valence electrons. The van der Waals surface area contributed by atoms with Crippen LogP contribution in [0, 0.1) is 0 Å². The zero-order valence-electron chi connectivity index (χ0n) is 12.9. The Hall–Kier alpha value is -2.00. The Labute approximate surface area is 142 Å². The van der Waals surface area contributed by atoms with E-state index in [0.29, 0.717) is 5.56 Å². The lowest BCUT2D eigenvalue weighted by Crippen LogP contribution is -2.41. The van der Waals surface area contributed by atoms with Crippen molar-refractivity contribution in [3.05, 3.63) is 29.8 Å². The number of halogens is 4. The third kappa shape index (κ3) is 7.51. The van der Waals surface area contributed by atoms with Gasteiger partial charge in [-0.25, -0.2) is 0 Å². The Morgan fingerprint density at radius 2 is 1.79 bits per heavy atom. The second kappa shape index (κ2) is 9.33. The van der Waals surface area contributed by atoms with E-state index in [-0.39, 0.29) is 18.8 Å². The van der Waals surface area contributed by atoms with Gasteiger partial charge in [0.1, 0.15) is 5.75 Å². The van der Waals surface area contributed by atoms with Crippen molar-refractivity contribution >= 4 is 24.3 Å². The highest BCUT2D eigenvalue weighted by molar-refractivity contribution is 5.85. The van der Waals surface area contributed by atoms with Crippen LogP contribution in [0.4, 0.5) is 13.2 Å². The fourth-order valence-corrected chi connectivity index (χ4v) is 1.71. The van der Waals surface area contributed by atoms with Crippen molar-refractivity contribution in [3.8, 4) is 5.75 Å². The van der Waals surface area contributed by atoms with E-state index in [0.717, 1.165) is 12.1 Å². The van der Waals surface area contributed by atoms with Crippen LogP contribution in [-0.4, -0.2) is 31.4 Å². The molecule has 0 radical (unpaired) electrons. The maximum absolute atomic E-state index is 12.1. The summed E-state index contributed by atoms with van der Waals surface area (Å²) in [6.45, 7) is 1.46. The molecule has 0 aliphatic rings. The molecule has 1 unspecified atom stereocenters. The van der Waals surface area contributed by atoms with Gasteiger partial charge >= 0.3 is 12.3 Å². The van der Waals surface area contributed by atoms with Crippen molar-refractivity contribution in [2.45, 2.75) is 31.8 Å². The number of benzene rings is 1. The third-order valence-electron chi connectivity index (χ3n) is 2.84. The van der Waals surface area contributed by atoms with Gasteiger partial charge in [0.15, 0.2) is 0 Å². The molecule has 1 aromatic rings. The smallest absolute Gasteiger partial charge is 0.469 e. The molecule has 0 aliphatic carbocycles. The second-order valence-electron chi connectivity index (χ2n) is 4.75. The number of esters is 1. The van der Waals surface area contributed by atoms with Crippen LogP contribution < -0.4 is 15.8 Å². The Balaban J connectivity index is 0.00000529. The SMILES string of the molecule is COC(=O)CC(NC(=O)[C@H](C)N)c1ccc(OC(F)(F)F)cc1.Cl. The second-order valence-corrected chi connectivity index (χ2v) is 4.75. The van der Waals surface area contributed by atoms with Gasteiger partial charge in [-0.2, -0.15) is 0 Å². The van der Waals surface area contributed by atoms with Crippen molar-refractivity contribution in [2.75, 3.05) is 7.11 Å². The number of carbonyl (C=O) groups is 2. The van der Waals surface area contributed by atoms with Gasteiger partial charge in [-0.3, -0.25) is 9.59 Å². The lowest BCUT2D eigenvalue weighted by Gasteiger charge is -2.20. The number of rotatable bonds is 6. The Morgan fingerprint density at radius 1 is 1.25 bits per heavy atom. The van der Waals surface area contributed by atoms with E-state index in [1.54, 1.807) is 0 Å². The van der Waals surface area contributed by atoms with Gasteiger partial charge < -0.3 is 20.5 Å². The summed E-state index contributed by atoms with van der Waals surface area (Å²) in [5.74, 6) is -1.50. The molecule has 6 nitrogen and oxygen atoms in total. The highest BCUT2D eigenvalue weighted by atomic mass is 35.5. The van der Waals surface area contributed by atoms with Crippen molar-refractivity contribution in [1.29, 1.82) is 0 Å². The van der Waals surface area contributed by atoms with E-state index in [2.05, 4.69) is 14.8 Å². The molecule has 3 N–H and O–H groups in total. The molecule has 0 heterocycles. The van der Waals surface area contributed by atoms with Crippen molar-refractivity contribution < 1.29 is 32.2 Å². The van der Waals surface area contributed by atoms with E-state index >= 15 is 0 Å². The lowest BCUT2D eigenvalue weighted by atomic mass is 10.0. The van der Waals surface area contributed by atoms with Crippen LogP contribution >= 0.6 is 12.4 Å². The number of methoxy groups -OCH3 is 1. The van der Waals surface area contributed by atoms with E-state index in [1.807, 2.05) is 0 Å². The molecule has 0 aromatic heterocycles. The average molecular weight is 371 g/mol. The van der Waals surface area contributed by atoms with Crippen LogP contribution in [0.2, 0.25) is 0 Å². The summed E-state index contributed by atoms with van der Waals surface area (Å²) in [7, 11) is 1.19. The fraction of sp³-hybridized carbons (Fsp3) is 0.429. The number of hydrogen-bond acceptors (Lipinski definition) is 5. The van der Waals surface area contributed by atoms with E-state index in [1.165, 1.54) is 26.2 Å². The standard InChI is InChI=1S/C14H17F3N2O4.ClH/c1-8(18)13(21)19-11(7-12(20)22-2)9-3-5-10(6-4-9)23-14(15,16)17;/h3-6,8,11H,7,18H2,1-2H3,(H,19,21);1H/t8-,11?;/m0./s1. The Morgan fingerprint density at radius 3 is 2.21 bits per heavy atom. The first kappa shape index (κ1) is 22.0. The minimum Gasteiger partial charge on any atom is -0.469 e. The molecule has 0 saturated carbocycles. The topological polar surface area (TPSA) is 90.7 Å². The van der Waals surface area contributed by atoms with E-state index < -0.39 is 36.1 Å². The number of carbonyl (C=O) groups excluding carboxylic acids is 2. The molecule has 2 atom stereocenters. The summed E-state index contributed by atoms with van der Waals surface area (Å²) >= 11 is 0. The zero-order valence-corrected chi connectivity index (χ0v) is 13.7. The van der Waals surface area contributed by atoms with Crippen LogP contribution in [0.1, 0.15) is 24.9 Å². The predicted octanol–water partition coefficient (Wildman–Crippen LogP) is 2.07. The van der Waals surface area contributed by atoms with Gasteiger partial charge in [0.25, 0.3) is 0 Å². The summed E-state index contributed by atoms with van der Waals surface area (Å²) in [6, 6.07) is 3.23. The number of amides is 1. The molecular formula is C14H18ClF3N2O4. The monoisotopic (exact) mass is 370 g/mol. The fourth-order valence-electron chi connectivity index (χ4n) is 1.71. The maximum Gasteiger partial charge on any atom is 0.573 e. The molecule has 10 heteroatoms. The highest BCUT2D eigenvalue weighted by Gasteiger charge is 2.31. The number of hydrogen-bond donors (Lipinski definition) is 2. The van der Waals surface area contributed by atoms with Crippen LogP contribution in [-0.2, 0) is 14.3 Å². The van der Waals surface area contributed by atoms with Crippen LogP contribution in [0.5, 0.6) is 5.75 Å². The van der Waals surface area contributed by atoms with Crippen LogP contribution in [0.15, 0.2) is 24.3 Å². The maximum atomic E-state index is 12.1. The first-order valence-corrected chi connectivity index (χ1v) is 6.61. The summed E-state index contributed by atoms with van der Waals surface area (Å²) < 4.78 is 44.7. The first-order valence-electron chi connectivity index (χ1n) is 6.61. The molecule has 1 aromatic carbocycles. The van der Waals surface area contributed by atoms with Gasteiger partial charge in [0.2, 0.25) is 5.91 Å². The lowest BCUT2D eigenvalue weighted by molar-refractivity contribution is -0.274. The summed E-state index contributed by atoms with van der Waals surface area (Å²) in [6.07, 6.45) is -4.98. The quantitative estimate of drug-likeness (QED) is 0.748. The van der Waals surface area contributed by atoms with Gasteiger partial charge in [-0.15, -0.1) is 25.6 Å². The van der Waals surface area contributed by atoms with Crippen LogP contribution in [0.25, 0.3) is 0 Å². The molecule has 1 rings (SSSR count). The van der Waals surface area contributed by atoms with Crippen molar-refractivity contribution in [3.63, 3.8) is 0 Å². The van der Waals surface area contributed by atoms with Crippen LogP contribution in [0.3, 0.4) is 0 Å². The number of ether oxygens (including phenoxy) is 2. The average Bonchev–Trinajstić information content (AvgIpc) is 2.45. The predicted molar refractivity (Wildman–Crippen MR) is 81.5 cm³/mol. The molecule has 0 bridgehead atoms. The molecule has 1 amide bonds. The molecule has 0 aliphatic heterocycles. The number of alkyl halides is 3. The summed E-state index contributed by atoms with van der Waals surface area (Å²) in [5.41, 5.74) is 5.86. The Kier molecular flexibility index (Phi) is 8.56. The third-order valence-corrected chi connectivity index (χ3v) is 2.84. The van der Waals surface area contributed by atoms with Gasteiger partial charge in [-0.05, 0) is 24.6 Å². The van der Waals surface area contributed by atoms with Crippen molar-refractivity contribution in [2.24, 2.45) is 5.73 Å². The molecular weight excluding hydrogens is 353 g/mol. The molecule has 0 fully saturated rings. The normalized spacial score (nSPS) is 13.2. The minimum absolute atomic E-state index is 0. The largest absolute Gasteiger partial charge is 0.573 e. The molecule has 0 saturated heterocycles. The molecule has 24 heavy (non-hydrogen) atoms. The molecule has 0 spiro atoms. The summed E-state index contributed by atoms with van der Waals surface area (Å²) in [4.78, 5) is 23.1. The van der Waals surface area contributed by atoms with Crippen molar-refractivity contribution in [1.82, 2.24) is 5.32 Å².